The molecule has 2 aliphatic heterocycles. The van der Waals surface area contributed by atoms with Crippen molar-refractivity contribution in [3.63, 3.8) is 0 Å². The van der Waals surface area contributed by atoms with Crippen molar-refractivity contribution >= 4 is 5.82 Å². The number of hydrogen-bond acceptors (Lipinski definition) is 5. The van der Waals surface area contributed by atoms with Gasteiger partial charge in [-0.25, -0.2) is 9.97 Å². The summed E-state index contributed by atoms with van der Waals surface area (Å²) in [5.41, 5.74) is 2.70. The van der Waals surface area contributed by atoms with Crippen molar-refractivity contribution in [2.75, 3.05) is 44.2 Å². The lowest BCUT2D eigenvalue weighted by molar-refractivity contribution is 0.120. The van der Waals surface area contributed by atoms with E-state index >= 15 is 0 Å². The minimum Gasteiger partial charge on any atom is -0.354 e. The fourth-order valence-electron chi connectivity index (χ4n) is 4.67. The maximum Gasteiger partial charge on any atom is 0.135 e. The molecular weight excluding hydrogens is 322 g/mol. The maximum atomic E-state index is 4.71. The number of fused-ring (bicyclic) bond motifs is 1. The summed E-state index contributed by atoms with van der Waals surface area (Å²) in [6.07, 6.45) is 12.5. The van der Waals surface area contributed by atoms with E-state index in [-0.39, 0.29) is 0 Å². The highest BCUT2D eigenvalue weighted by molar-refractivity contribution is 5.50. The van der Waals surface area contributed by atoms with Crippen LogP contribution in [0.2, 0.25) is 0 Å². The fraction of sp³-hybridized carbons (Fsp3) is 0.810. The highest BCUT2D eigenvalue weighted by atomic mass is 15.3. The molecule has 1 saturated carbocycles. The number of aromatic nitrogens is 2. The molecular formula is C21H35N5. The quantitative estimate of drug-likeness (QED) is 0.701. The largest absolute Gasteiger partial charge is 0.354 e. The Morgan fingerprint density at radius 1 is 1.00 bits per heavy atom. The van der Waals surface area contributed by atoms with Crippen LogP contribution >= 0.6 is 0 Å². The Kier molecular flexibility index (Phi) is 6.05. The molecule has 1 aromatic heterocycles. The SMILES string of the molecule is CCCCCCN1CCc2c(ncnc2N2CCN(C3CCC3)CC2)C1. The molecule has 0 radical (unpaired) electrons. The summed E-state index contributed by atoms with van der Waals surface area (Å²) in [5, 5.41) is 0. The molecule has 0 N–H and O–H groups in total. The fourth-order valence-corrected chi connectivity index (χ4v) is 4.67. The van der Waals surface area contributed by atoms with Crippen LogP contribution in [-0.2, 0) is 13.0 Å². The smallest absolute Gasteiger partial charge is 0.135 e. The lowest BCUT2D eigenvalue weighted by atomic mass is 9.91. The molecule has 144 valence electrons. The van der Waals surface area contributed by atoms with Crippen LogP contribution in [0.1, 0.15) is 63.1 Å². The van der Waals surface area contributed by atoms with Crippen LogP contribution in [-0.4, -0.2) is 65.1 Å². The van der Waals surface area contributed by atoms with E-state index < -0.39 is 0 Å². The summed E-state index contributed by atoms with van der Waals surface area (Å²) in [5.74, 6) is 1.23. The Morgan fingerprint density at radius 2 is 1.85 bits per heavy atom. The molecule has 0 spiro atoms. The minimum atomic E-state index is 0.873. The summed E-state index contributed by atoms with van der Waals surface area (Å²) in [4.78, 5) is 17.2. The molecule has 0 unspecified atom stereocenters. The maximum absolute atomic E-state index is 4.71. The van der Waals surface area contributed by atoms with Gasteiger partial charge in [-0.1, -0.05) is 32.6 Å². The van der Waals surface area contributed by atoms with Gasteiger partial charge < -0.3 is 4.90 Å². The zero-order chi connectivity index (χ0) is 17.8. The third-order valence-electron chi connectivity index (χ3n) is 6.60. The molecule has 1 saturated heterocycles. The topological polar surface area (TPSA) is 35.5 Å². The van der Waals surface area contributed by atoms with E-state index in [1.54, 1.807) is 6.33 Å². The molecule has 1 aromatic rings. The zero-order valence-corrected chi connectivity index (χ0v) is 16.5. The average molecular weight is 358 g/mol. The molecule has 3 heterocycles. The molecule has 0 amide bonds. The van der Waals surface area contributed by atoms with Gasteiger partial charge in [0, 0.05) is 50.9 Å². The van der Waals surface area contributed by atoms with Crippen molar-refractivity contribution in [2.24, 2.45) is 0 Å². The number of anilines is 1. The van der Waals surface area contributed by atoms with Gasteiger partial charge in [0.1, 0.15) is 12.1 Å². The minimum absolute atomic E-state index is 0.873. The Morgan fingerprint density at radius 3 is 2.58 bits per heavy atom. The Balaban J connectivity index is 1.34. The first kappa shape index (κ1) is 18.2. The van der Waals surface area contributed by atoms with Crippen molar-refractivity contribution < 1.29 is 0 Å². The van der Waals surface area contributed by atoms with Crippen molar-refractivity contribution in [2.45, 2.75) is 70.9 Å². The summed E-state index contributed by atoms with van der Waals surface area (Å²) in [6.45, 7) is 10.3. The van der Waals surface area contributed by atoms with E-state index in [0.29, 0.717) is 0 Å². The van der Waals surface area contributed by atoms with Crippen LogP contribution < -0.4 is 4.90 Å². The van der Waals surface area contributed by atoms with E-state index in [4.69, 9.17) is 4.98 Å². The lowest BCUT2D eigenvalue weighted by Gasteiger charge is -2.43. The van der Waals surface area contributed by atoms with E-state index in [9.17, 15) is 0 Å². The summed E-state index contributed by atoms with van der Waals surface area (Å²) in [6, 6.07) is 0.873. The molecule has 5 heteroatoms. The summed E-state index contributed by atoms with van der Waals surface area (Å²) < 4.78 is 0. The van der Waals surface area contributed by atoms with Crippen LogP contribution in [0.25, 0.3) is 0 Å². The third kappa shape index (κ3) is 4.04. The summed E-state index contributed by atoms with van der Waals surface area (Å²) >= 11 is 0. The highest BCUT2D eigenvalue weighted by Crippen LogP contribution is 2.29. The van der Waals surface area contributed by atoms with E-state index in [1.165, 1.54) is 88.2 Å². The van der Waals surface area contributed by atoms with Gasteiger partial charge >= 0.3 is 0 Å². The van der Waals surface area contributed by atoms with Gasteiger partial charge in [-0.3, -0.25) is 9.80 Å². The van der Waals surface area contributed by atoms with Gasteiger partial charge in [0.15, 0.2) is 0 Å². The van der Waals surface area contributed by atoms with Crippen LogP contribution in [0.4, 0.5) is 5.82 Å². The van der Waals surface area contributed by atoms with Crippen molar-refractivity contribution in [1.29, 1.82) is 0 Å². The van der Waals surface area contributed by atoms with Crippen molar-refractivity contribution in [3.05, 3.63) is 17.6 Å². The summed E-state index contributed by atoms with van der Waals surface area (Å²) in [7, 11) is 0. The number of piperazine rings is 1. The lowest BCUT2D eigenvalue weighted by Crippen LogP contribution is -2.52. The van der Waals surface area contributed by atoms with Gasteiger partial charge in [-0.15, -0.1) is 0 Å². The molecule has 1 aliphatic carbocycles. The van der Waals surface area contributed by atoms with E-state index in [1.807, 2.05) is 0 Å². The monoisotopic (exact) mass is 357 g/mol. The molecule has 4 rings (SSSR count). The number of rotatable bonds is 7. The Labute approximate surface area is 158 Å². The Bertz CT molecular complexity index is 578. The molecule has 26 heavy (non-hydrogen) atoms. The predicted molar refractivity (Wildman–Crippen MR) is 107 cm³/mol. The van der Waals surface area contributed by atoms with Crippen molar-refractivity contribution in [3.8, 4) is 0 Å². The van der Waals surface area contributed by atoms with E-state index in [2.05, 4.69) is 26.6 Å². The third-order valence-corrected chi connectivity index (χ3v) is 6.60. The first-order valence-electron chi connectivity index (χ1n) is 10.9. The van der Waals surface area contributed by atoms with Gasteiger partial charge in [0.05, 0.1) is 5.69 Å². The van der Waals surface area contributed by atoms with Gasteiger partial charge in [-0.2, -0.15) is 0 Å². The highest BCUT2D eigenvalue weighted by Gasteiger charge is 2.30. The average Bonchev–Trinajstić information content (AvgIpc) is 2.64. The molecule has 0 atom stereocenters. The van der Waals surface area contributed by atoms with Gasteiger partial charge in [0.2, 0.25) is 0 Å². The van der Waals surface area contributed by atoms with Crippen LogP contribution in [0.3, 0.4) is 0 Å². The van der Waals surface area contributed by atoms with Gasteiger partial charge in [0.25, 0.3) is 0 Å². The zero-order valence-electron chi connectivity index (χ0n) is 16.5. The number of unbranched alkanes of at least 4 members (excludes halogenated alkanes) is 3. The normalized spacial score (nSPS) is 22.3. The first-order valence-corrected chi connectivity index (χ1v) is 10.9. The molecule has 0 aromatic carbocycles. The predicted octanol–water partition coefficient (Wildman–Crippen LogP) is 3.09. The standard InChI is InChI=1S/C21H35N5/c1-2-3-4-5-10-24-11-9-19-20(16-24)22-17-23-21(19)26-14-12-25(13-15-26)18-7-6-8-18/h17-18H,2-16H2,1H3. The van der Waals surface area contributed by atoms with Crippen LogP contribution in [0.15, 0.2) is 6.33 Å². The second-order valence-electron chi connectivity index (χ2n) is 8.32. The Hall–Kier alpha value is -1.20. The number of nitrogens with zero attached hydrogens (tertiary/aromatic N) is 5. The first-order chi connectivity index (χ1) is 12.8. The molecule has 3 aliphatic rings. The second-order valence-corrected chi connectivity index (χ2v) is 8.32. The molecule has 2 fully saturated rings. The second kappa shape index (κ2) is 8.66. The van der Waals surface area contributed by atoms with Crippen molar-refractivity contribution in [1.82, 2.24) is 19.8 Å². The van der Waals surface area contributed by atoms with Crippen LogP contribution in [0, 0.1) is 0 Å². The van der Waals surface area contributed by atoms with E-state index in [0.717, 1.165) is 32.1 Å². The molecule has 5 nitrogen and oxygen atoms in total. The van der Waals surface area contributed by atoms with Gasteiger partial charge in [-0.05, 0) is 32.2 Å². The van der Waals surface area contributed by atoms with Crippen LogP contribution in [0.5, 0.6) is 0 Å². The molecule has 0 bridgehead atoms. The number of hydrogen-bond donors (Lipinski definition) is 0.